The first-order valence-electron chi connectivity index (χ1n) is 8.82. The molecule has 3 aromatic rings. The third-order valence-corrected chi connectivity index (χ3v) is 5.77. The van der Waals surface area contributed by atoms with Crippen LogP contribution in [0.4, 0.5) is 17.1 Å². The Morgan fingerprint density at radius 3 is 2.30 bits per heavy atom. The minimum Gasteiger partial charge on any atom is -0.465 e. The lowest BCUT2D eigenvalue weighted by Gasteiger charge is -2.42. The molecule has 136 valence electrons. The number of methoxy groups -OCH3 is 1. The highest BCUT2D eigenvalue weighted by atomic mass is 79.9. The summed E-state index contributed by atoms with van der Waals surface area (Å²) >= 11 is 3.51. The molecular weight excluding hydrogens is 402 g/mol. The third kappa shape index (κ3) is 2.76. The number of nitrogens with zero attached hydrogens (tertiary/aromatic N) is 1. The average Bonchev–Trinajstić information content (AvgIpc) is 2.69. The van der Waals surface area contributed by atoms with Gasteiger partial charge in [0.2, 0.25) is 0 Å². The van der Waals surface area contributed by atoms with Crippen LogP contribution in [-0.4, -0.2) is 13.1 Å². The van der Waals surface area contributed by atoms with Gasteiger partial charge in [0.1, 0.15) is 0 Å². The Morgan fingerprint density at radius 1 is 0.926 bits per heavy atom. The summed E-state index contributed by atoms with van der Waals surface area (Å²) in [7, 11) is 1.42. The lowest BCUT2D eigenvalue weighted by atomic mass is 9.73. The maximum Gasteiger partial charge on any atom is 0.340 e. The predicted octanol–water partition coefficient (Wildman–Crippen LogP) is 6.34. The summed E-state index contributed by atoms with van der Waals surface area (Å²) in [6.07, 6.45) is 0. The molecule has 1 aliphatic rings. The Bertz CT molecular complexity index is 1020. The molecule has 0 bridgehead atoms. The molecule has 0 spiro atoms. The first kappa shape index (κ1) is 17.8. The number of ether oxygens (including phenoxy) is 1. The van der Waals surface area contributed by atoms with Gasteiger partial charge in [0, 0.05) is 15.6 Å². The Kier molecular flexibility index (Phi) is 4.31. The van der Waals surface area contributed by atoms with Gasteiger partial charge < -0.3 is 9.64 Å². The Morgan fingerprint density at radius 2 is 1.59 bits per heavy atom. The molecule has 27 heavy (non-hydrogen) atoms. The number of hydrogen-bond acceptors (Lipinski definition) is 3. The lowest BCUT2D eigenvalue weighted by molar-refractivity contribution is 0.0601. The number of fused-ring (bicyclic) bond motifs is 2. The summed E-state index contributed by atoms with van der Waals surface area (Å²) in [4.78, 5) is 14.7. The van der Waals surface area contributed by atoms with E-state index < -0.39 is 0 Å². The van der Waals surface area contributed by atoms with E-state index in [1.165, 1.54) is 12.7 Å². The number of anilines is 3. The zero-order valence-electron chi connectivity index (χ0n) is 15.5. The fourth-order valence-electron chi connectivity index (χ4n) is 3.88. The topological polar surface area (TPSA) is 29.5 Å². The second-order valence-corrected chi connectivity index (χ2v) is 8.06. The minimum absolute atomic E-state index is 0.234. The van der Waals surface area contributed by atoms with Crippen molar-refractivity contribution in [2.45, 2.75) is 19.3 Å². The van der Waals surface area contributed by atoms with Crippen molar-refractivity contribution in [1.82, 2.24) is 0 Å². The standard InChI is InChI=1S/C23H20BrNO2/c1-23(2)18-8-4-5-10-20(18)25(16-13-11-15(24)12-14-16)21-17(22(26)27-3)7-6-9-19(21)23/h4-14H,1-3H3. The van der Waals surface area contributed by atoms with E-state index in [2.05, 4.69) is 71.1 Å². The van der Waals surface area contributed by atoms with Crippen molar-refractivity contribution in [1.29, 1.82) is 0 Å². The van der Waals surface area contributed by atoms with Crippen molar-refractivity contribution in [3.8, 4) is 0 Å². The molecule has 3 aromatic carbocycles. The number of rotatable bonds is 2. The molecule has 0 N–H and O–H groups in total. The van der Waals surface area contributed by atoms with Crippen LogP contribution in [0.3, 0.4) is 0 Å². The molecule has 0 aromatic heterocycles. The number of halogens is 1. The van der Waals surface area contributed by atoms with E-state index in [1.54, 1.807) is 0 Å². The normalized spacial score (nSPS) is 14.3. The van der Waals surface area contributed by atoms with Crippen molar-refractivity contribution < 1.29 is 9.53 Å². The van der Waals surface area contributed by atoms with Gasteiger partial charge in [-0.3, -0.25) is 0 Å². The van der Waals surface area contributed by atoms with Crippen LogP contribution >= 0.6 is 15.9 Å². The van der Waals surface area contributed by atoms with Crippen molar-refractivity contribution in [3.63, 3.8) is 0 Å². The van der Waals surface area contributed by atoms with Crippen LogP contribution in [0.2, 0.25) is 0 Å². The molecule has 0 aliphatic carbocycles. The van der Waals surface area contributed by atoms with E-state index in [1.807, 2.05) is 30.3 Å². The summed E-state index contributed by atoms with van der Waals surface area (Å²) < 4.78 is 6.10. The van der Waals surface area contributed by atoms with Crippen LogP contribution < -0.4 is 4.90 Å². The van der Waals surface area contributed by atoms with Gasteiger partial charge >= 0.3 is 5.97 Å². The number of para-hydroxylation sites is 2. The van der Waals surface area contributed by atoms with Gasteiger partial charge in [-0.2, -0.15) is 0 Å². The fraction of sp³-hybridized carbons (Fsp3) is 0.174. The van der Waals surface area contributed by atoms with Gasteiger partial charge in [0.25, 0.3) is 0 Å². The smallest absolute Gasteiger partial charge is 0.340 e. The maximum absolute atomic E-state index is 12.6. The lowest BCUT2D eigenvalue weighted by Crippen LogP contribution is -2.32. The fourth-order valence-corrected chi connectivity index (χ4v) is 4.15. The second kappa shape index (κ2) is 6.54. The summed E-state index contributed by atoms with van der Waals surface area (Å²) in [6, 6.07) is 22.4. The van der Waals surface area contributed by atoms with Crippen molar-refractivity contribution in [3.05, 3.63) is 87.9 Å². The molecule has 0 amide bonds. The maximum atomic E-state index is 12.6. The summed E-state index contributed by atoms with van der Waals surface area (Å²) in [6.45, 7) is 4.40. The van der Waals surface area contributed by atoms with Crippen LogP contribution in [0.1, 0.15) is 35.3 Å². The summed E-state index contributed by atoms with van der Waals surface area (Å²) in [5.41, 5.74) is 5.62. The van der Waals surface area contributed by atoms with Crippen LogP contribution in [-0.2, 0) is 10.2 Å². The number of esters is 1. The van der Waals surface area contributed by atoms with E-state index in [0.29, 0.717) is 5.56 Å². The van der Waals surface area contributed by atoms with Crippen molar-refractivity contribution in [2.75, 3.05) is 12.0 Å². The third-order valence-electron chi connectivity index (χ3n) is 5.24. The van der Waals surface area contributed by atoms with Crippen LogP contribution in [0.25, 0.3) is 0 Å². The van der Waals surface area contributed by atoms with Crippen molar-refractivity contribution in [2.24, 2.45) is 0 Å². The van der Waals surface area contributed by atoms with Crippen LogP contribution in [0.15, 0.2) is 71.2 Å². The quantitative estimate of drug-likeness (QED) is 0.451. The molecule has 4 rings (SSSR count). The molecular formula is C23H20BrNO2. The van der Waals surface area contributed by atoms with Gasteiger partial charge in [0.05, 0.1) is 24.0 Å². The molecule has 0 atom stereocenters. The Hall–Kier alpha value is -2.59. The number of carbonyl (C=O) groups excluding carboxylic acids is 1. The molecule has 0 fully saturated rings. The average molecular weight is 422 g/mol. The first-order chi connectivity index (χ1) is 12.9. The van der Waals surface area contributed by atoms with E-state index in [4.69, 9.17) is 4.74 Å². The predicted molar refractivity (Wildman–Crippen MR) is 112 cm³/mol. The van der Waals surface area contributed by atoms with E-state index in [0.717, 1.165) is 27.1 Å². The minimum atomic E-state index is -0.329. The molecule has 4 heteroatoms. The highest BCUT2D eigenvalue weighted by Gasteiger charge is 2.39. The Balaban J connectivity index is 2.08. The molecule has 0 radical (unpaired) electrons. The molecule has 1 heterocycles. The monoisotopic (exact) mass is 421 g/mol. The van der Waals surface area contributed by atoms with Crippen LogP contribution in [0, 0.1) is 0 Å². The molecule has 1 aliphatic heterocycles. The number of hydrogen-bond donors (Lipinski definition) is 0. The summed E-state index contributed by atoms with van der Waals surface area (Å²) in [5.74, 6) is -0.329. The summed E-state index contributed by atoms with van der Waals surface area (Å²) in [5, 5.41) is 0. The van der Waals surface area contributed by atoms with E-state index in [9.17, 15) is 4.79 Å². The molecule has 0 saturated heterocycles. The Labute approximate surface area is 167 Å². The molecule has 3 nitrogen and oxygen atoms in total. The second-order valence-electron chi connectivity index (χ2n) is 7.15. The van der Waals surface area contributed by atoms with Gasteiger partial charge in [-0.05, 0) is 47.5 Å². The van der Waals surface area contributed by atoms with Gasteiger partial charge in [-0.15, -0.1) is 0 Å². The van der Waals surface area contributed by atoms with Crippen molar-refractivity contribution >= 4 is 39.0 Å². The highest BCUT2D eigenvalue weighted by Crippen LogP contribution is 2.52. The van der Waals surface area contributed by atoms with Gasteiger partial charge in [0.15, 0.2) is 0 Å². The van der Waals surface area contributed by atoms with Gasteiger partial charge in [-0.1, -0.05) is 60.1 Å². The zero-order chi connectivity index (χ0) is 19.2. The highest BCUT2D eigenvalue weighted by molar-refractivity contribution is 9.10. The largest absolute Gasteiger partial charge is 0.465 e. The molecule has 0 unspecified atom stereocenters. The van der Waals surface area contributed by atoms with E-state index >= 15 is 0 Å². The zero-order valence-corrected chi connectivity index (χ0v) is 17.1. The molecule has 0 saturated carbocycles. The van der Waals surface area contributed by atoms with E-state index in [-0.39, 0.29) is 11.4 Å². The first-order valence-corrected chi connectivity index (χ1v) is 9.61. The number of benzene rings is 3. The van der Waals surface area contributed by atoms with Crippen LogP contribution in [0.5, 0.6) is 0 Å². The number of carbonyl (C=O) groups is 1. The van der Waals surface area contributed by atoms with Gasteiger partial charge in [-0.25, -0.2) is 4.79 Å². The SMILES string of the molecule is COC(=O)c1cccc2c1N(c1ccc(Br)cc1)c1ccccc1C2(C)C.